The van der Waals surface area contributed by atoms with Gasteiger partial charge in [0.1, 0.15) is 0 Å². The second-order valence-electron chi connectivity index (χ2n) is 5.59. The van der Waals surface area contributed by atoms with E-state index in [1.807, 2.05) is 7.05 Å². The van der Waals surface area contributed by atoms with Crippen LogP contribution in [0.1, 0.15) is 30.9 Å². The molecule has 1 fully saturated rings. The summed E-state index contributed by atoms with van der Waals surface area (Å²) in [6, 6.07) is 9.59. The van der Waals surface area contributed by atoms with Crippen LogP contribution >= 0.6 is 0 Å². The van der Waals surface area contributed by atoms with Crippen LogP contribution in [0.4, 0.5) is 0 Å². The van der Waals surface area contributed by atoms with Crippen LogP contribution in [-0.4, -0.2) is 44.3 Å². The summed E-state index contributed by atoms with van der Waals surface area (Å²) >= 11 is 0. The average molecular weight is 262 g/mol. The average Bonchev–Trinajstić information content (AvgIpc) is 2.42. The van der Waals surface area contributed by atoms with Crippen LogP contribution in [0, 0.1) is 0 Å². The third kappa shape index (κ3) is 4.03. The van der Waals surface area contributed by atoms with E-state index in [1.54, 1.807) is 0 Å². The van der Waals surface area contributed by atoms with Crippen LogP contribution in [0.5, 0.6) is 0 Å². The minimum absolute atomic E-state index is 0.525. The molecule has 0 bridgehead atoms. The van der Waals surface area contributed by atoms with Gasteiger partial charge in [-0.25, -0.2) is 0 Å². The zero-order chi connectivity index (χ0) is 13.7. The fraction of sp³-hybridized carbons (Fsp3) is 0.625. The van der Waals surface area contributed by atoms with E-state index in [0.717, 1.165) is 32.8 Å². The van der Waals surface area contributed by atoms with Gasteiger partial charge in [0, 0.05) is 25.7 Å². The third-order valence-electron chi connectivity index (χ3n) is 3.95. The lowest BCUT2D eigenvalue weighted by molar-refractivity contribution is -0.00437. The fourth-order valence-corrected chi connectivity index (χ4v) is 2.61. The van der Waals surface area contributed by atoms with E-state index in [2.05, 4.69) is 48.3 Å². The second-order valence-corrected chi connectivity index (χ2v) is 5.59. The normalized spacial score (nSPS) is 22.4. The molecule has 0 amide bonds. The highest BCUT2D eigenvalue weighted by Gasteiger charge is 2.18. The molecule has 2 atom stereocenters. The minimum atomic E-state index is 0.525. The Balaban J connectivity index is 1.94. The Kier molecular flexibility index (Phi) is 5.37. The topological polar surface area (TPSA) is 24.5 Å². The van der Waals surface area contributed by atoms with Gasteiger partial charge >= 0.3 is 0 Å². The van der Waals surface area contributed by atoms with Crippen molar-refractivity contribution in [2.24, 2.45) is 0 Å². The van der Waals surface area contributed by atoms with Crippen molar-refractivity contribution in [3.63, 3.8) is 0 Å². The predicted molar refractivity (Wildman–Crippen MR) is 79.5 cm³/mol. The molecule has 0 saturated carbocycles. The van der Waals surface area contributed by atoms with E-state index in [0.29, 0.717) is 12.0 Å². The zero-order valence-corrected chi connectivity index (χ0v) is 12.4. The lowest BCUT2D eigenvalue weighted by atomic mass is 9.99. The molecule has 1 saturated heterocycles. The van der Waals surface area contributed by atoms with Gasteiger partial charge < -0.3 is 10.1 Å². The summed E-state index contributed by atoms with van der Waals surface area (Å²) in [5.41, 5.74) is 2.81. The highest BCUT2D eigenvalue weighted by Crippen LogP contribution is 2.17. The quantitative estimate of drug-likeness (QED) is 0.880. The molecular formula is C16H26N2O. The van der Waals surface area contributed by atoms with Crippen molar-refractivity contribution >= 4 is 0 Å². The fourth-order valence-electron chi connectivity index (χ4n) is 2.61. The highest BCUT2D eigenvalue weighted by molar-refractivity contribution is 5.25. The zero-order valence-electron chi connectivity index (χ0n) is 12.4. The number of hydrogen-bond acceptors (Lipinski definition) is 3. The number of rotatable bonds is 5. The lowest BCUT2D eigenvalue weighted by Gasteiger charge is -2.33. The van der Waals surface area contributed by atoms with E-state index in [1.165, 1.54) is 11.1 Å². The molecule has 2 rings (SSSR count). The van der Waals surface area contributed by atoms with E-state index < -0.39 is 0 Å². The van der Waals surface area contributed by atoms with Gasteiger partial charge in [-0.1, -0.05) is 31.2 Å². The van der Waals surface area contributed by atoms with Gasteiger partial charge in [-0.2, -0.15) is 0 Å². The smallest absolute Gasteiger partial charge is 0.0619 e. The Morgan fingerprint density at radius 1 is 1.37 bits per heavy atom. The second kappa shape index (κ2) is 7.04. The van der Waals surface area contributed by atoms with Crippen molar-refractivity contribution in [2.75, 3.05) is 33.4 Å². The molecule has 1 heterocycles. The molecule has 19 heavy (non-hydrogen) atoms. The first-order chi connectivity index (χ1) is 9.20. The molecule has 0 aliphatic carbocycles. The summed E-state index contributed by atoms with van der Waals surface area (Å²) in [5.74, 6) is 0.571. The van der Waals surface area contributed by atoms with Crippen LogP contribution in [-0.2, 0) is 11.3 Å². The first kappa shape index (κ1) is 14.5. The molecule has 3 nitrogen and oxygen atoms in total. The Morgan fingerprint density at radius 3 is 2.74 bits per heavy atom. The van der Waals surface area contributed by atoms with Gasteiger partial charge in [0.2, 0.25) is 0 Å². The van der Waals surface area contributed by atoms with Crippen LogP contribution in [0.25, 0.3) is 0 Å². The standard InChI is InChI=1S/C16H26N2O/c1-13(10-17-3)16-6-4-15(5-7-16)11-18-8-9-19-12-14(18)2/h4-7,13-14,17H,8-12H2,1-3H3. The molecule has 1 aliphatic heterocycles. The summed E-state index contributed by atoms with van der Waals surface area (Å²) in [6.07, 6.45) is 0. The van der Waals surface area contributed by atoms with Gasteiger partial charge in [0.25, 0.3) is 0 Å². The van der Waals surface area contributed by atoms with Gasteiger partial charge in [-0.3, -0.25) is 4.90 Å². The number of ether oxygens (including phenoxy) is 1. The van der Waals surface area contributed by atoms with Crippen LogP contribution in [0.15, 0.2) is 24.3 Å². The Hall–Kier alpha value is -0.900. The Morgan fingerprint density at radius 2 is 2.11 bits per heavy atom. The van der Waals surface area contributed by atoms with Crippen LogP contribution in [0.2, 0.25) is 0 Å². The highest BCUT2D eigenvalue weighted by atomic mass is 16.5. The third-order valence-corrected chi connectivity index (χ3v) is 3.95. The lowest BCUT2D eigenvalue weighted by Crippen LogP contribution is -2.42. The van der Waals surface area contributed by atoms with E-state index in [-0.39, 0.29) is 0 Å². The molecule has 1 N–H and O–H groups in total. The number of nitrogens with zero attached hydrogens (tertiary/aromatic N) is 1. The summed E-state index contributed by atoms with van der Waals surface area (Å²) in [7, 11) is 2.00. The minimum Gasteiger partial charge on any atom is -0.379 e. The first-order valence-corrected chi connectivity index (χ1v) is 7.26. The van der Waals surface area contributed by atoms with Gasteiger partial charge in [-0.05, 0) is 31.0 Å². The van der Waals surface area contributed by atoms with Gasteiger partial charge in [0.15, 0.2) is 0 Å². The van der Waals surface area contributed by atoms with Gasteiger partial charge in [0.05, 0.1) is 13.2 Å². The van der Waals surface area contributed by atoms with Crippen molar-refractivity contribution in [3.05, 3.63) is 35.4 Å². The van der Waals surface area contributed by atoms with Crippen molar-refractivity contribution in [2.45, 2.75) is 32.4 Å². The number of hydrogen-bond donors (Lipinski definition) is 1. The van der Waals surface area contributed by atoms with Crippen molar-refractivity contribution in [3.8, 4) is 0 Å². The number of benzene rings is 1. The molecule has 1 aromatic carbocycles. The molecule has 1 aliphatic rings. The van der Waals surface area contributed by atoms with E-state index in [9.17, 15) is 0 Å². The molecule has 1 aromatic rings. The van der Waals surface area contributed by atoms with Crippen molar-refractivity contribution in [1.29, 1.82) is 0 Å². The molecule has 0 radical (unpaired) electrons. The summed E-state index contributed by atoms with van der Waals surface area (Å²) in [4.78, 5) is 2.50. The summed E-state index contributed by atoms with van der Waals surface area (Å²) < 4.78 is 5.48. The summed E-state index contributed by atoms with van der Waals surface area (Å²) in [5, 5.41) is 3.23. The Labute approximate surface area is 116 Å². The summed E-state index contributed by atoms with van der Waals surface area (Å²) in [6.45, 7) is 9.32. The molecule has 3 heteroatoms. The van der Waals surface area contributed by atoms with Crippen LogP contribution in [0.3, 0.4) is 0 Å². The molecule has 0 spiro atoms. The first-order valence-electron chi connectivity index (χ1n) is 7.26. The largest absolute Gasteiger partial charge is 0.379 e. The van der Waals surface area contributed by atoms with Crippen molar-refractivity contribution < 1.29 is 4.74 Å². The SMILES string of the molecule is CNCC(C)c1ccc(CN2CCOCC2C)cc1. The molecule has 2 unspecified atom stereocenters. The molecule has 0 aromatic heterocycles. The van der Waals surface area contributed by atoms with Crippen LogP contribution < -0.4 is 5.32 Å². The Bertz CT molecular complexity index is 377. The number of morpholine rings is 1. The van der Waals surface area contributed by atoms with Crippen molar-refractivity contribution in [1.82, 2.24) is 10.2 Å². The van der Waals surface area contributed by atoms with Gasteiger partial charge in [-0.15, -0.1) is 0 Å². The van der Waals surface area contributed by atoms with E-state index in [4.69, 9.17) is 4.74 Å². The van der Waals surface area contributed by atoms with E-state index >= 15 is 0 Å². The molecule has 106 valence electrons. The molecular weight excluding hydrogens is 236 g/mol. The predicted octanol–water partition coefficient (Wildman–Crippen LogP) is 2.23. The number of nitrogens with one attached hydrogen (secondary N) is 1. The maximum absolute atomic E-state index is 5.48. The maximum Gasteiger partial charge on any atom is 0.0619 e. The number of likely N-dealkylation sites (N-methyl/N-ethyl adjacent to an activating group) is 1. The monoisotopic (exact) mass is 262 g/mol. The maximum atomic E-state index is 5.48.